The van der Waals surface area contributed by atoms with Gasteiger partial charge in [-0.25, -0.2) is 4.98 Å². The monoisotopic (exact) mass is 245 g/mol. The lowest BCUT2D eigenvalue weighted by molar-refractivity contribution is 0.0989. The topological polar surface area (TPSA) is 30.0 Å². The van der Waals surface area contributed by atoms with Crippen molar-refractivity contribution in [3.8, 4) is 0 Å². The van der Waals surface area contributed by atoms with Crippen LogP contribution in [0.5, 0.6) is 0 Å². The highest BCUT2D eigenvalue weighted by molar-refractivity contribution is 7.09. The predicted molar refractivity (Wildman–Crippen MR) is 70.7 cm³/mol. The molecule has 2 aromatic rings. The molecule has 3 heteroatoms. The highest BCUT2D eigenvalue weighted by atomic mass is 32.1. The maximum absolute atomic E-state index is 11.9. The van der Waals surface area contributed by atoms with Crippen LogP contribution >= 0.6 is 11.3 Å². The lowest BCUT2D eigenvalue weighted by Crippen LogP contribution is -2.04. The number of hydrogen-bond donors (Lipinski definition) is 0. The first kappa shape index (κ1) is 12.0. The highest BCUT2D eigenvalue weighted by Crippen LogP contribution is 2.12. The first-order valence-electron chi connectivity index (χ1n) is 5.72. The quantitative estimate of drug-likeness (QED) is 0.772. The Morgan fingerprint density at radius 3 is 2.41 bits per heavy atom. The van der Waals surface area contributed by atoms with E-state index in [0.717, 1.165) is 17.0 Å². The standard InChI is InChI=1S/C14H15NOS/c1-3-11-4-6-12(7-5-11)8-14(16)13-9-17-10(2)15-13/h4-7,9H,3,8H2,1-2H3. The van der Waals surface area contributed by atoms with Crippen molar-refractivity contribution in [1.29, 1.82) is 0 Å². The van der Waals surface area contributed by atoms with Crippen molar-refractivity contribution in [1.82, 2.24) is 4.98 Å². The third-order valence-corrected chi connectivity index (χ3v) is 3.47. The van der Waals surface area contributed by atoms with Gasteiger partial charge in [0.1, 0.15) is 5.69 Å². The number of carbonyl (C=O) groups is 1. The van der Waals surface area contributed by atoms with Gasteiger partial charge in [-0.1, -0.05) is 31.2 Å². The van der Waals surface area contributed by atoms with E-state index in [1.807, 2.05) is 24.4 Å². The number of ketones is 1. The van der Waals surface area contributed by atoms with Crippen LogP contribution < -0.4 is 0 Å². The van der Waals surface area contributed by atoms with E-state index in [1.54, 1.807) is 0 Å². The summed E-state index contributed by atoms with van der Waals surface area (Å²) in [6, 6.07) is 8.20. The Hall–Kier alpha value is -1.48. The molecular formula is C14H15NOS. The van der Waals surface area contributed by atoms with Crippen LogP contribution in [-0.4, -0.2) is 10.8 Å². The Balaban J connectivity index is 2.07. The van der Waals surface area contributed by atoms with Crippen molar-refractivity contribution in [2.75, 3.05) is 0 Å². The van der Waals surface area contributed by atoms with Crippen LogP contribution in [0.2, 0.25) is 0 Å². The third kappa shape index (κ3) is 3.01. The Bertz CT molecular complexity index is 513. The molecule has 0 aliphatic carbocycles. The van der Waals surface area contributed by atoms with E-state index < -0.39 is 0 Å². The van der Waals surface area contributed by atoms with Gasteiger partial charge in [-0.15, -0.1) is 11.3 Å². The molecule has 1 aromatic carbocycles. The maximum Gasteiger partial charge on any atom is 0.186 e. The third-order valence-electron chi connectivity index (χ3n) is 2.70. The zero-order valence-electron chi connectivity index (χ0n) is 10.1. The number of nitrogens with zero attached hydrogens (tertiary/aromatic N) is 1. The largest absolute Gasteiger partial charge is 0.292 e. The molecule has 0 N–H and O–H groups in total. The molecule has 2 nitrogen and oxygen atoms in total. The molecule has 0 saturated carbocycles. The number of benzene rings is 1. The van der Waals surface area contributed by atoms with E-state index in [1.165, 1.54) is 16.9 Å². The molecule has 0 fully saturated rings. The summed E-state index contributed by atoms with van der Waals surface area (Å²) in [4.78, 5) is 16.1. The lowest BCUT2D eigenvalue weighted by Gasteiger charge is -2.01. The summed E-state index contributed by atoms with van der Waals surface area (Å²) in [5.74, 6) is 0.0959. The van der Waals surface area contributed by atoms with E-state index in [2.05, 4.69) is 24.0 Å². The highest BCUT2D eigenvalue weighted by Gasteiger charge is 2.10. The number of carbonyl (C=O) groups excluding carboxylic acids is 1. The molecule has 1 aromatic heterocycles. The summed E-state index contributed by atoms with van der Waals surface area (Å²) >= 11 is 1.52. The van der Waals surface area contributed by atoms with Crippen molar-refractivity contribution in [3.05, 3.63) is 51.5 Å². The molecule has 1 heterocycles. The molecule has 0 atom stereocenters. The molecule has 88 valence electrons. The number of rotatable bonds is 4. The summed E-state index contributed by atoms with van der Waals surface area (Å²) in [6.45, 7) is 4.04. The van der Waals surface area contributed by atoms with E-state index in [9.17, 15) is 4.79 Å². The summed E-state index contributed by atoms with van der Waals surface area (Å²) < 4.78 is 0. The smallest absolute Gasteiger partial charge is 0.186 e. The van der Waals surface area contributed by atoms with Crippen LogP contribution in [-0.2, 0) is 12.8 Å². The van der Waals surface area contributed by atoms with Crippen LogP contribution in [0.3, 0.4) is 0 Å². The zero-order valence-corrected chi connectivity index (χ0v) is 10.9. The summed E-state index contributed by atoms with van der Waals surface area (Å²) in [5, 5.41) is 2.77. The minimum absolute atomic E-state index is 0.0959. The van der Waals surface area contributed by atoms with E-state index in [4.69, 9.17) is 0 Å². The SMILES string of the molecule is CCc1ccc(CC(=O)c2csc(C)n2)cc1. The van der Waals surface area contributed by atoms with Gasteiger partial charge >= 0.3 is 0 Å². The van der Waals surface area contributed by atoms with Gasteiger partial charge in [-0.2, -0.15) is 0 Å². The van der Waals surface area contributed by atoms with Crippen molar-refractivity contribution >= 4 is 17.1 Å². The van der Waals surface area contributed by atoms with Crippen molar-refractivity contribution < 1.29 is 4.79 Å². The van der Waals surface area contributed by atoms with E-state index >= 15 is 0 Å². The van der Waals surface area contributed by atoms with Crippen LogP contribution in [0.15, 0.2) is 29.6 Å². The summed E-state index contributed by atoms with van der Waals surface area (Å²) in [7, 11) is 0. The van der Waals surface area contributed by atoms with Crippen molar-refractivity contribution in [2.24, 2.45) is 0 Å². The molecule has 0 unspecified atom stereocenters. The summed E-state index contributed by atoms with van der Waals surface area (Å²) in [6.07, 6.45) is 1.46. The number of thiazole rings is 1. The van der Waals surface area contributed by atoms with Gasteiger partial charge in [-0.05, 0) is 24.5 Å². The second-order valence-electron chi connectivity index (χ2n) is 4.02. The van der Waals surface area contributed by atoms with Gasteiger partial charge in [0, 0.05) is 11.8 Å². The van der Waals surface area contributed by atoms with Crippen molar-refractivity contribution in [3.63, 3.8) is 0 Å². The normalized spacial score (nSPS) is 10.5. The molecular weight excluding hydrogens is 230 g/mol. The number of aryl methyl sites for hydroxylation is 2. The van der Waals surface area contributed by atoms with Crippen LogP contribution in [0, 0.1) is 6.92 Å². The number of hydrogen-bond acceptors (Lipinski definition) is 3. The average molecular weight is 245 g/mol. The van der Waals surface area contributed by atoms with Crippen LogP contribution in [0.4, 0.5) is 0 Å². The predicted octanol–water partition coefficient (Wildman–Crippen LogP) is 3.44. The van der Waals surface area contributed by atoms with Gasteiger partial charge in [-0.3, -0.25) is 4.79 Å². The fourth-order valence-corrected chi connectivity index (χ4v) is 2.28. The molecule has 0 saturated heterocycles. The maximum atomic E-state index is 11.9. The van der Waals surface area contributed by atoms with E-state index in [-0.39, 0.29) is 5.78 Å². The Morgan fingerprint density at radius 1 is 1.24 bits per heavy atom. The Kier molecular flexibility index (Phi) is 3.69. The van der Waals surface area contributed by atoms with Crippen molar-refractivity contribution in [2.45, 2.75) is 26.7 Å². The average Bonchev–Trinajstić information content (AvgIpc) is 2.77. The molecule has 0 bridgehead atoms. The second kappa shape index (κ2) is 5.23. The second-order valence-corrected chi connectivity index (χ2v) is 5.08. The molecule has 0 spiro atoms. The van der Waals surface area contributed by atoms with E-state index in [0.29, 0.717) is 12.1 Å². The van der Waals surface area contributed by atoms with Crippen LogP contribution in [0.1, 0.15) is 33.5 Å². The number of Topliss-reactive ketones (excluding diaryl/α,β-unsaturated/α-hetero) is 1. The first-order valence-corrected chi connectivity index (χ1v) is 6.60. The molecule has 2 rings (SSSR count). The van der Waals surface area contributed by atoms with Gasteiger partial charge in [0.2, 0.25) is 0 Å². The molecule has 0 amide bonds. The van der Waals surface area contributed by atoms with Gasteiger partial charge in [0.15, 0.2) is 5.78 Å². The molecule has 17 heavy (non-hydrogen) atoms. The fraction of sp³-hybridized carbons (Fsp3) is 0.286. The summed E-state index contributed by atoms with van der Waals surface area (Å²) in [5.41, 5.74) is 2.94. The minimum atomic E-state index is 0.0959. The fourth-order valence-electron chi connectivity index (χ4n) is 1.66. The zero-order chi connectivity index (χ0) is 12.3. The van der Waals surface area contributed by atoms with Gasteiger partial charge in [0.25, 0.3) is 0 Å². The molecule has 0 aliphatic heterocycles. The first-order chi connectivity index (χ1) is 8.19. The molecule has 0 aliphatic rings. The Morgan fingerprint density at radius 2 is 1.88 bits per heavy atom. The lowest BCUT2D eigenvalue weighted by atomic mass is 10.0. The van der Waals surface area contributed by atoms with Crippen LogP contribution in [0.25, 0.3) is 0 Å². The van der Waals surface area contributed by atoms with Gasteiger partial charge < -0.3 is 0 Å². The molecule has 0 radical (unpaired) electrons. The Labute approximate surface area is 105 Å². The minimum Gasteiger partial charge on any atom is -0.292 e. The van der Waals surface area contributed by atoms with Gasteiger partial charge in [0.05, 0.1) is 5.01 Å². The number of aromatic nitrogens is 1.